The fraction of sp³-hybridized carbons (Fsp3) is 0.292. The van der Waals surface area contributed by atoms with E-state index in [1.54, 1.807) is 37.4 Å². The first-order valence-electron chi connectivity index (χ1n) is 10.2. The van der Waals surface area contributed by atoms with Gasteiger partial charge in [-0.2, -0.15) is 0 Å². The van der Waals surface area contributed by atoms with E-state index in [9.17, 15) is 14.7 Å². The van der Waals surface area contributed by atoms with Crippen LogP contribution in [0.25, 0.3) is 0 Å². The number of ether oxygens (including phenoxy) is 3. The van der Waals surface area contributed by atoms with Gasteiger partial charge in [-0.15, -0.1) is 0 Å². The SMILES string of the molecule is COc1ccc([C@@H](CC(=O)NCc2ccccn2)c2c(O)cc(C)oc2=O)c(OC)c1OC. The molecule has 2 aromatic heterocycles. The predicted molar refractivity (Wildman–Crippen MR) is 120 cm³/mol. The zero-order valence-corrected chi connectivity index (χ0v) is 18.9. The zero-order chi connectivity index (χ0) is 24.0. The minimum Gasteiger partial charge on any atom is -0.507 e. The molecule has 9 heteroatoms. The Balaban J connectivity index is 2.05. The number of nitrogens with zero attached hydrogens (tertiary/aromatic N) is 1. The summed E-state index contributed by atoms with van der Waals surface area (Å²) in [5, 5.41) is 13.4. The predicted octanol–water partition coefficient (Wildman–Crippen LogP) is 2.91. The minimum atomic E-state index is -0.889. The van der Waals surface area contributed by atoms with Gasteiger partial charge < -0.3 is 29.1 Å². The van der Waals surface area contributed by atoms with Crippen molar-refractivity contribution in [2.45, 2.75) is 25.8 Å². The van der Waals surface area contributed by atoms with Crippen LogP contribution in [0.5, 0.6) is 23.0 Å². The Labute approximate surface area is 190 Å². The van der Waals surface area contributed by atoms with Crippen molar-refractivity contribution in [2.75, 3.05) is 21.3 Å². The topological polar surface area (TPSA) is 120 Å². The second-order valence-electron chi connectivity index (χ2n) is 7.22. The van der Waals surface area contributed by atoms with Gasteiger partial charge in [0.05, 0.1) is 39.1 Å². The highest BCUT2D eigenvalue weighted by Crippen LogP contribution is 2.45. The van der Waals surface area contributed by atoms with Crippen LogP contribution in [0.1, 0.15) is 34.9 Å². The third-order valence-corrected chi connectivity index (χ3v) is 5.13. The number of rotatable bonds is 9. The van der Waals surface area contributed by atoms with Crippen molar-refractivity contribution in [2.24, 2.45) is 0 Å². The first-order chi connectivity index (χ1) is 15.9. The zero-order valence-electron chi connectivity index (χ0n) is 18.9. The van der Waals surface area contributed by atoms with E-state index >= 15 is 0 Å². The highest BCUT2D eigenvalue weighted by atomic mass is 16.5. The lowest BCUT2D eigenvalue weighted by Gasteiger charge is -2.22. The highest BCUT2D eigenvalue weighted by Gasteiger charge is 2.30. The summed E-state index contributed by atoms with van der Waals surface area (Å²) in [6, 6.07) is 10.0. The van der Waals surface area contributed by atoms with Crippen LogP contribution >= 0.6 is 0 Å². The first kappa shape index (κ1) is 23.6. The fourth-order valence-electron chi connectivity index (χ4n) is 3.64. The number of carbonyl (C=O) groups excluding carboxylic acids is 1. The molecule has 0 aliphatic rings. The first-order valence-corrected chi connectivity index (χ1v) is 10.2. The monoisotopic (exact) mass is 454 g/mol. The molecule has 33 heavy (non-hydrogen) atoms. The number of hydrogen-bond acceptors (Lipinski definition) is 8. The van der Waals surface area contributed by atoms with Crippen LogP contribution in [0.3, 0.4) is 0 Å². The lowest BCUT2D eigenvalue weighted by Crippen LogP contribution is -2.27. The third kappa shape index (κ3) is 5.25. The molecule has 9 nitrogen and oxygen atoms in total. The summed E-state index contributed by atoms with van der Waals surface area (Å²) in [6.45, 7) is 1.76. The van der Waals surface area contributed by atoms with Gasteiger partial charge in [0.15, 0.2) is 11.5 Å². The van der Waals surface area contributed by atoms with Gasteiger partial charge >= 0.3 is 5.63 Å². The summed E-state index contributed by atoms with van der Waals surface area (Å²) in [5.74, 6) is -0.285. The molecular formula is C24H26N2O7. The molecule has 0 aliphatic carbocycles. The number of hydrogen-bond donors (Lipinski definition) is 2. The van der Waals surface area contributed by atoms with Crippen LogP contribution < -0.4 is 25.2 Å². The molecule has 0 fully saturated rings. The lowest BCUT2D eigenvalue weighted by atomic mass is 9.87. The van der Waals surface area contributed by atoms with Gasteiger partial charge in [0.25, 0.3) is 0 Å². The summed E-state index contributed by atoms with van der Waals surface area (Å²) >= 11 is 0. The molecule has 0 saturated heterocycles. The molecule has 0 saturated carbocycles. The Hall–Kier alpha value is -4.01. The standard InChI is InChI=1S/C24H26N2O7/c1-14-11-18(27)21(24(29)33-14)17(12-20(28)26-13-15-7-5-6-10-25-15)16-8-9-19(30-2)23(32-4)22(16)31-3/h5-11,17,27H,12-13H2,1-4H3,(H,26,28)/t17-/m1/s1. The van der Waals surface area contributed by atoms with Gasteiger partial charge in [0.2, 0.25) is 11.7 Å². The van der Waals surface area contributed by atoms with Crippen LogP contribution in [0.4, 0.5) is 0 Å². The van der Waals surface area contributed by atoms with Crippen LogP contribution in [-0.2, 0) is 11.3 Å². The van der Waals surface area contributed by atoms with Crippen molar-refractivity contribution in [1.29, 1.82) is 0 Å². The van der Waals surface area contributed by atoms with Crippen LogP contribution in [0.15, 0.2) is 51.8 Å². The Morgan fingerprint density at radius 1 is 1.12 bits per heavy atom. The van der Waals surface area contributed by atoms with E-state index in [4.69, 9.17) is 18.6 Å². The number of amides is 1. The summed E-state index contributed by atoms with van der Waals surface area (Å²) in [5.41, 5.74) is 0.337. The molecular weight excluding hydrogens is 428 g/mol. The number of aryl methyl sites for hydroxylation is 1. The van der Waals surface area contributed by atoms with Crippen molar-refractivity contribution in [3.05, 3.63) is 75.6 Å². The molecule has 1 amide bonds. The van der Waals surface area contributed by atoms with E-state index in [0.717, 1.165) is 0 Å². The van der Waals surface area contributed by atoms with Gasteiger partial charge in [-0.25, -0.2) is 4.79 Å². The minimum absolute atomic E-state index is 0.0564. The van der Waals surface area contributed by atoms with Crippen molar-refractivity contribution in [3.8, 4) is 23.0 Å². The molecule has 0 bridgehead atoms. The summed E-state index contributed by atoms with van der Waals surface area (Å²) in [7, 11) is 4.38. The van der Waals surface area contributed by atoms with Gasteiger partial charge in [0, 0.05) is 30.2 Å². The van der Waals surface area contributed by atoms with E-state index in [-0.39, 0.29) is 41.7 Å². The summed E-state index contributed by atoms with van der Waals surface area (Å²) in [4.78, 5) is 29.8. The second-order valence-corrected chi connectivity index (χ2v) is 7.22. The number of aromatic hydroxyl groups is 1. The van der Waals surface area contributed by atoms with Crippen molar-refractivity contribution >= 4 is 5.91 Å². The Morgan fingerprint density at radius 3 is 2.48 bits per heavy atom. The number of nitrogens with one attached hydrogen (secondary N) is 1. The number of pyridine rings is 1. The van der Waals surface area contributed by atoms with Crippen molar-refractivity contribution in [3.63, 3.8) is 0 Å². The van der Waals surface area contributed by atoms with E-state index < -0.39 is 11.5 Å². The molecule has 3 rings (SSSR count). The average Bonchev–Trinajstić information content (AvgIpc) is 2.81. The molecule has 0 aliphatic heterocycles. The molecule has 3 aromatic rings. The largest absolute Gasteiger partial charge is 0.507 e. The van der Waals surface area contributed by atoms with Crippen LogP contribution in [0.2, 0.25) is 0 Å². The average molecular weight is 454 g/mol. The summed E-state index contributed by atoms with van der Waals surface area (Å²) < 4.78 is 21.6. The Kier molecular flexibility index (Phi) is 7.55. The van der Waals surface area contributed by atoms with Gasteiger partial charge in [-0.05, 0) is 25.1 Å². The van der Waals surface area contributed by atoms with Gasteiger partial charge in [-0.1, -0.05) is 12.1 Å². The molecule has 0 radical (unpaired) electrons. The van der Waals surface area contributed by atoms with Crippen molar-refractivity contribution in [1.82, 2.24) is 10.3 Å². The highest BCUT2D eigenvalue weighted by molar-refractivity contribution is 5.78. The van der Waals surface area contributed by atoms with Crippen LogP contribution in [0, 0.1) is 6.92 Å². The smallest absolute Gasteiger partial charge is 0.343 e. The van der Waals surface area contributed by atoms with E-state index in [0.29, 0.717) is 22.8 Å². The van der Waals surface area contributed by atoms with Gasteiger partial charge in [0.1, 0.15) is 11.5 Å². The van der Waals surface area contributed by atoms with E-state index in [1.165, 1.54) is 27.4 Å². The fourth-order valence-corrected chi connectivity index (χ4v) is 3.64. The lowest BCUT2D eigenvalue weighted by molar-refractivity contribution is -0.121. The molecule has 2 N–H and O–H groups in total. The maximum Gasteiger partial charge on any atom is 0.343 e. The number of benzene rings is 1. The van der Waals surface area contributed by atoms with Crippen molar-refractivity contribution < 1.29 is 28.5 Å². The molecule has 174 valence electrons. The quantitative estimate of drug-likeness (QED) is 0.506. The van der Waals surface area contributed by atoms with E-state index in [1.807, 2.05) is 6.07 Å². The molecule has 0 spiro atoms. The second kappa shape index (κ2) is 10.5. The number of aromatic nitrogens is 1. The summed E-state index contributed by atoms with van der Waals surface area (Å²) in [6.07, 6.45) is 1.47. The Morgan fingerprint density at radius 2 is 1.88 bits per heavy atom. The molecule has 1 atom stereocenters. The molecule has 0 unspecified atom stereocenters. The Bertz CT molecular complexity index is 1180. The maximum absolute atomic E-state index is 12.9. The number of methoxy groups -OCH3 is 3. The molecule has 1 aromatic carbocycles. The number of carbonyl (C=O) groups is 1. The van der Waals surface area contributed by atoms with E-state index in [2.05, 4.69) is 10.3 Å². The maximum atomic E-state index is 12.9. The molecule has 2 heterocycles. The third-order valence-electron chi connectivity index (χ3n) is 5.13. The normalized spacial score (nSPS) is 11.5. The van der Waals surface area contributed by atoms with Gasteiger partial charge in [-0.3, -0.25) is 9.78 Å². The van der Waals surface area contributed by atoms with Crippen LogP contribution in [-0.4, -0.2) is 37.3 Å².